The molecule has 0 spiro atoms. The van der Waals surface area contributed by atoms with Gasteiger partial charge in [0.2, 0.25) is 0 Å². The Kier molecular flexibility index (Phi) is 5.83. The minimum Gasteiger partial charge on any atom is -0.462 e. The average molecular weight is 397 g/mol. The van der Waals surface area contributed by atoms with Crippen molar-refractivity contribution in [2.45, 2.75) is 58.6 Å². The molecule has 1 heterocycles. The van der Waals surface area contributed by atoms with Gasteiger partial charge in [0, 0.05) is 18.4 Å². The zero-order chi connectivity index (χ0) is 20.4. The third-order valence-electron chi connectivity index (χ3n) is 5.83. The summed E-state index contributed by atoms with van der Waals surface area (Å²) in [7, 11) is -2.57. The van der Waals surface area contributed by atoms with Gasteiger partial charge in [-0.3, -0.25) is 4.79 Å². The monoisotopic (exact) mass is 396 g/mol. The molecule has 0 radical (unpaired) electrons. The lowest BCUT2D eigenvalue weighted by molar-refractivity contribution is -0.146. The van der Waals surface area contributed by atoms with Crippen LogP contribution in [0.15, 0.2) is 60.7 Å². The summed E-state index contributed by atoms with van der Waals surface area (Å²) < 4.78 is 12.6. The first-order valence-electron chi connectivity index (χ1n) is 10.1. The highest BCUT2D eigenvalue weighted by Gasteiger charge is 2.51. The van der Waals surface area contributed by atoms with Gasteiger partial charge in [-0.25, -0.2) is 0 Å². The number of ether oxygens (including phenoxy) is 1. The maximum Gasteiger partial charge on any atom is 0.306 e. The Bertz CT molecular complexity index is 754. The van der Waals surface area contributed by atoms with E-state index in [2.05, 4.69) is 95.3 Å². The maximum atomic E-state index is 11.6. The fraction of sp³-hybridized carbons (Fsp3) is 0.458. The van der Waals surface area contributed by atoms with Gasteiger partial charge >= 0.3 is 5.97 Å². The topological polar surface area (TPSA) is 35.5 Å². The van der Waals surface area contributed by atoms with Crippen LogP contribution < -0.4 is 10.4 Å². The van der Waals surface area contributed by atoms with Crippen molar-refractivity contribution in [3.05, 3.63) is 60.7 Å². The second-order valence-corrected chi connectivity index (χ2v) is 13.8. The highest BCUT2D eigenvalue weighted by Crippen LogP contribution is 2.39. The third kappa shape index (κ3) is 3.94. The van der Waals surface area contributed by atoms with Gasteiger partial charge in [0.15, 0.2) is 0 Å². The quantitative estimate of drug-likeness (QED) is 0.540. The molecule has 1 fully saturated rings. The summed E-state index contributed by atoms with van der Waals surface area (Å²) in [5, 5.41) is 2.49. The zero-order valence-corrected chi connectivity index (χ0v) is 18.7. The lowest BCUT2D eigenvalue weighted by atomic mass is 9.86. The van der Waals surface area contributed by atoms with E-state index in [0.717, 1.165) is 6.42 Å². The largest absolute Gasteiger partial charge is 0.462 e. The van der Waals surface area contributed by atoms with Crippen molar-refractivity contribution < 1.29 is 14.0 Å². The number of carbonyl (C=O) groups excluding carboxylic acids is 1. The van der Waals surface area contributed by atoms with E-state index in [0.29, 0.717) is 13.0 Å². The van der Waals surface area contributed by atoms with Crippen LogP contribution in [0.5, 0.6) is 0 Å². The van der Waals surface area contributed by atoms with Gasteiger partial charge < -0.3 is 9.16 Å². The third-order valence-corrected chi connectivity index (χ3v) is 10.8. The molecule has 0 N–H and O–H groups in total. The number of benzene rings is 2. The Morgan fingerprint density at radius 2 is 1.43 bits per heavy atom. The molecule has 1 aliphatic rings. The first-order chi connectivity index (χ1) is 13.2. The number of hydrogen-bond acceptors (Lipinski definition) is 3. The van der Waals surface area contributed by atoms with Gasteiger partial charge in [0.25, 0.3) is 8.32 Å². The molecule has 0 aliphatic carbocycles. The second kappa shape index (κ2) is 7.84. The molecule has 0 amide bonds. The first-order valence-corrected chi connectivity index (χ1v) is 12.0. The smallest absolute Gasteiger partial charge is 0.306 e. The predicted molar refractivity (Wildman–Crippen MR) is 116 cm³/mol. The van der Waals surface area contributed by atoms with Crippen molar-refractivity contribution in [2.75, 3.05) is 6.61 Å². The van der Waals surface area contributed by atoms with Crippen LogP contribution in [0.4, 0.5) is 0 Å². The molecule has 150 valence electrons. The van der Waals surface area contributed by atoms with E-state index >= 15 is 0 Å². The molecular weight excluding hydrogens is 364 g/mol. The molecular formula is C24H32O3Si. The standard InChI is InChI=1S/C24H32O3Si/c1-23(2,3)28(19-12-8-6-9-13-19,20-14-10-7-11-15-20)26-18-24(4,5)21-16-17-22(25)27-21/h6-15,21H,16-18H2,1-5H3/t21-/m1/s1. The van der Waals surface area contributed by atoms with Gasteiger partial charge in [-0.2, -0.15) is 0 Å². The summed E-state index contributed by atoms with van der Waals surface area (Å²) in [5.74, 6) is -0.0940. The van der Waals surface area contributed by atoms with Crippen molar-refractivity contribution in [1.82, 2.24) is 0 Å². The molecule has 3 nitrogen and oxygen atoms in total. The Balaban J connectivity index is 2.02. The summed E-state index contributed by atoms with van der Waals surface area (Å²) in [4.78, 5) is 11.6. The molecule has 28 heavy (non-hydrogen) atoms. The summed E-state index contributed by atoms with van der Waals surface area (Å²) in [6, 6.07) is 21.3. The molecule has 1 saturated heterocycles. The fourth-order valence-corrected chi connectivity index (χ4v) is 8.97. The van der Waals surface area contributed by atoms with Crippen LogP contribution in [0, 0.1) is 5.41 Å². The molecule has 2 aromatic rings. The molecule has 0 saturated carbocycles. The van der Waals surface area contributed by atoms with Crippen LogP contribution in [0.2, 0.25) is 5.04 Å². The minimum atomic E-state index is -2.57. The molecule has 1 aliphatic heterocycles. The molecule has 1 atom stereocenters. The predicted octanol–water partition coefficient (Wildman–Crippen LogP) is 4.29. The Hall–Kier alpha value is -1.91. The number of hydrogen-bond donors (Lipinski definition) is 0. The summed E-state index contributed by atoms with van der Waals surface area (Å²) in [5.41, 5.74) is -0.237. The van der Waals surface area contributed by atoms with Gasteiger partial charge in [0.1, 0.15) is 6.10 Å². The van der Waals surface area contributed by atoms with Crippen molar-refractivity contribution >= 4 is 24.7 Å². The van der Waals surface area contributed by atoms with E-state index < -0.39 is 8.32 Å². The van der Waals surface area contributed by atoms with Gasteiger partial charge in [-0.15, -0.1) is 0 Å². The number of rotatable bonds is 6. The maximum absolute atomic E-state index is 11.6. The van der Waals surface area contributed by atoms with Crippen molar-refractivity contribution in [3.63, 3.8) is 0 Å². The summed E-state index contributed by atoms with van der Waals surface area (Å²) in [6.07, 6.45) is 1.20. The second-order valence-electron chi connectivity index (χ2n) is 9.46. The van der Waals surface area contributed by atoms with E-state index in [4.69, 9.17) is 9.16 Å². The van der Waals surface area contributed by atoms with Crippen molar-refractivity contribution in [2.24, 2.45) is 5.41 Å². The normalized spacial score (nSPS) is 18.2. The van der Waals surface area contributed by atoms with Crippen LogP contribution >= 0.6 is 0 Å². The van der Waals surface area contributed by atoms with Crippen LogP contribution in [0.25, 0.3) is 0 Å². The van der Waals surface area contributed by atoms with Crippen LogP contribution in [0.1, 0.15) is 47.5 Å². The van der Waals surface area contributed by atoms with Gasteiger partial charge in [0.05, 0.1) is 0 Å². The van der Waals surface area contributed by atoms with Crippen molar-refractivity contribution in [1.29, 1.82) is 0 Å². The van der Waals surface area contributed by atoms with Gasteiger partial charge in [-0.1, -0.05) is 95.3 Å². The van der Waals surface area contributed by atoms with E-state index in [-0.39, 0.29) is 22.5 Å². The zero-order valence-electron chi connectivity index (χ0n) is 17.7. The van der Waals surface area contributed by atoms with E-state index in [1.165, 1.54) is 10.4 Å². The first kappa shape index (κ1) is 20.8. The molecule has 0 unspecified atom stereocenters. The Morgan fingerprint density at radius 1 is 0.929 bits per heavy atom. The van der Waals surface area contributed by atoms with Gasteiger partial charge in [-0.05, 0) is 21.8 Å². The lowest BCUT2D eigenvalue weighted by Crippen LogP contribution is -2.67. The Morgan fingerprint density at radius 3 is 1.82 bits per heavy atom. The highest BCUT2D eigenvalue weighted by atomic mass is 28.4. The lowest BCUT2D eigenvalue weighted by Gasteiger charge is -2.45. The number of cyclic esters (lactones) is 1. The molecule has 2 aromatic carbocycles. The molecule has 0 bridgehead atoms. The van der Waals surface area contributed by atoms with E-state index in [1.54, 1.807) is 0 Å². The average Bonchev–Trinajstić information content (AvgIpc) is 3.10. The van der Waals surface area contributed by atoms with E-state index in [1.807, 2.05) is 0 Å². The van der Waals surface area contributed by atoms with E-state index in [9.17, 15) is 4.79 Å². The molecule has 0 aromatic heterocycles. The SMILES string of the molecule is CC(C)(CO[Si](c1ccccc1)(c1ccccc1)C(C)(C)C)[C@H]1CCC(=O)O1. The summed E-state index contributed by atoms with van der Waals surface area (Å²) in [6.45, 7) is 11.7. The van der Waals surface area contributed by atoms with Crippen LogP contribution in [-0.4, -0.2) is 27.0 Å². The number of carbonyl (C=O) groups is 1. The molecule has 4 heteroatoms. The fourth-order valence-electron chi connectivity index (χ4n) is 4.22. The number of esters is 1. The van der Waals surface area contributed by atoms with Crippen molar-refractivity contribution in [3.8, 4) is 0 Å². The Labute approximate surface area is 170 Å². The van der Waals surface area contributed by atoms with Crippen LogP contribution in [-0.2, 0) is 14.0 Å². The summed E-state index contributed by atoms with van der Waals surface area (Å²) >= 11 is 0. The van der Waals surface area contributed by atoms with Crippen LogP contribution in [0.3, 0.4) is 0 Å². The molecule has 3 rings (SSSR count). The highest BCUT2D eigenvalue weighted by molar-refractivity contribution is 6.99. The minimum absolute atomic E-state index is 0.0574.